The number of hydrogen-bond acceptors (Lipinski definition) is 6. The van der Waals surface area contributed by atoms with Gasteiger partial charge >= 0.3 is 5.97 Å². The van der Waals surface area contributed by atoms with Crippen LogP contribution in [0.15, 0.2) is 53.7 Å². The molecule has 0 bridgehead atoms. The number of nitrogens with two attached hydrogens (primary N) is 1. The van der Waals surface area contributed by atoms with E-state index in [-0.39, 0.29) is 5.56 Å². The minimum Gasteiger partial charge on any atom is -0.497 e. The topological polar surface area (TPSA) is 103 Å². The van der Waals surface area contributed by atoms with Crippen LogP contribution in [0.2, 0.25) is 0 Å². The Balaban J connectivity index is 1.70. The fourth-order valence-corrected chi connectivity index (χ4v) is 3.33. The number of carboxylic acid groups (broad SMARTS) is 1. The second-order valence-electron chi connectivity index (χ2n) is 5.54. The number of aromatic carboxylic acids is 1. The van der Waals surface area contributed by atoms with Gasteiger partial charge < -0.3 is 15.7 Å². The zero-order chi connectivity index (χ0) is 18.5. The maximum Gasteiger partial charge on any atom is 0.335 e. The van der Waals surface area contributed by atoms with E-state index in [4.69, 9.17) is 10.6 Å². The largest absolute Gasteiger partial charge is 0.497 e. The number of carbonyl (C=O) groups is 1. The van der Waals surface area contributed by atoms with Crippen molar-refractivity contribution in [2.45, 2.75) is 17.3 Å². The predicted molar refractivity (Wildman–Crippen MR) is 98.9 cm³/mol. The average molecular weight is 370 g/mol. The second kappa shape index (κ2) is 7.92. The van der Waals surface area contributed by atoms with Gasteiger partial charge in [0.25, 0.3) is 0 Å². The quantitative estimate of drug-likeness (QED) is 0.487. The Morgan fingerprint density at radius 1 is 1.19 bits per heavy atom. The second-order valence-corrected chi connectivity index (χ2v) is 6.49. The maximum absolute atomic E-state index is 11.3. The van der Waals surface area contributed by atoms with Crippen LogP contribution in [0.3, 0.4) is 0 Å². The normalized spacial score (nSPS) is 10.7. The van der Waals surface area contributed by atoms with Crippen LogP contribution in [0, 0.1) is 0 Å². The molecule has 2 aromatic carbocycles. The lowest BCUT2D eigenvalue weighted by Gasteiger charge is -2.06. The third kappa shape index (κ3) is 3.97. The molecule has 26 heavy (non-hydrogen) atoms. The lowest BCUT2D eigenvalue weighted by molar-refractivity contribution is 0.0696. The highest BCUT2D eigenvalue weighted by molar-refractivity contribution is 7.98. The summed E-state index contributed by atoms with van der Waals surface area (Å²) in [4.78, 5) is 11.3. The van der Waals surface area contributed by atoms with Gasteiger partial charge in [0, 0.05) is 12.2 Å². The van der Waals surface area contributed by atoms with Crippen molar-refractivity contribution in [3.63, 3.8) is 0 Å². The monoisotopic (exact) mass is 370 g/mol. The van der Waals surface area contributed by atoms with Crippen LogP contribution in [-0.4, -0.2) is 33.1 Å². The van der Waals surface area contributed by atoms with E-state index < -0.39 is 5.97 Å². The SMILES string of the molecule is COc1ccc(Cc2nnc(SCc3ccccc3C(=O)O)n2N)cc1. The van der Waals surface area contributed by atoms with E-state index in [0.29, 0.717) is 28.7 Å². The molecule has 1 aromatic heterocycles. The number of aromatic nitrogens is 3. The molecule has 3 aromatic rings. The van der Waals surface area contributed by atoms with E-state index in [1.165, 1.54) is 16.4 Å². The fourth-order valence-electron chi connectivity index (χ4n) is 2.45. The fraction of sp³-hybridized carbons (Fsp3) is 0.167. The van der Waals surface area contributed by atoms with Gasteiger partial charge in [-0.2, -0.15) is 0 Å². The van der Waals surface area contributed by atoms with Gasteiger partial charge in [0.1, 0.15) is 5.75 Å². The standard InChI is InChI=1S/C18H18N4O3S/c1-25-14-8-6-12(7-9-14)10-16-20-21-18(22(16)19)26-11-13-4-2-3-5-15(13)17(23)24/h2-9H,10-11,19H2,1H3,(H,23,24). The predicted octanol–water partition coefficient (Wildman–Crippen LogP) is 2.58. The molecule has 0 aliphatic rings. The summed E-state index contributed by atoms with van der Waals surface area (Å²) in [7, 11) is 1.62. The maximum atomic E-state index is 11.3. The molecule has 0 amide bonds. The number of ether oxygens (including phenoxy) is 1. The number of hydrogen-bond donors (Lipinski definition) is 2. The van der Waals surface area contributed by atoms with Gasteiger partial charge in [-0.25, -0.2) is 9.47 Å². The number of benzene rings is 2. The van der Waals surface area contributed by atoms with Crippen LogP contribution in [0.5, 0.6) is 5.75 Å². The van der Waals surface area contributed by atoms with E-state index in [1.807, 2.05) is 30.3 Å². The van der Waals surface area contributed by atoms with Gasteiger partial charge in [0.2, 0.25) is 5.16 Å². The molecular formula is C18H18N4O3S. The molecule has 0 radical (unpaired) electrons. The molecule has 3 rings (SSSR count). The third-order valence-electron chi connectivity index (χ3n) is 3.86. The summed E-state index contributed by atoms with van der Waals surface area (Å²) >= 11 is 1.35. The minimum absolute atomic E-state index is 0.279. The first-order valence-corrected chi connectivity index (χ1v) is 8.83. The lowest BCUT2D eigenvalue weighted by atomic mass is 10.1. The van der Waals surface area contributed by atoms with E-state index in [1.54, 1.807) is 25.3 Å². The van der Waals surface area contributed by atoms with Crippen molar-refractivity contribution in [1.29, 1.82) is 0 Å². The Bertz CT molecular complexity index is 909. The van der Waals surface area contributed by atoms with Crippen molar-refractivity contribution >= 4 is 17.7 Å². The first-order chi connectivity index (χ1) is 12.6. The van der Waals surface area contributed by atoms with Gasteiger partial charge in [0.15, 0.2) is 5.82 Å². The molecule has 0 fully saturated rings. The summed E-state index contributed by atoms with van der Waals surface area (Å²) in [5.74, 6) is 7.01. The first-order valence-electron chi connectivity index (χ1n) is 7.84. The molecule has 0 atom stereocenters. The van der Waals surface area contributed by atoms with Crippen LogP contribution >= 0.6 is 11.8 Å². The van der Waals surface area contributed by atoms with Gasteiger partial charge in [0.05, 0.1) is 12.7 Å². The van der Waals surface area contributed by atoms with E-state index in [2.05, 4.69) is 10.2 Å². The molecule has 134 valence electrons. The summed E-state index contributed by atoms with van der Waals surface area (Å²) in [6, 6.07) is 14.5. The molecule has 0 saturated carbocycles. The highest BCUT2D eigenvalue weighted by atomic mass is 32.2. The number of nitrogen functional groups attached to an aromatic ring is 1. The molecule has 3 N–H and O–H groups in total. The van der Waals surface area contributed by atoms with E-state index in [0.717, 1.165) is 11.3 Å². The number of rotatable bonds is 7. The average Bonchev–Trinajstić information content (AvgIpc) is 3.00. The highest BCUT2D eigenvalue weighted by Crippen LogP contribution is 2.23. The Hall–Kier alpha value is -3.00. The number of thioether (sulfide) groups is 1. The minimum atomic E-state index is -0.949. The number of nitrogens with zero attached hydrogens (tertiary/aromatic N) is 3. The summed E-state index contributed by atoms with van der Waals surface area (Å²) in [6.07, 6.45) is 0.541. The molecule has 8 heteroatoms. The smallest absolute Gasteiger partial charge is 0.335 e. The van der Waals surface area contributed by atoms with Crippen molar-refractivity contribution in [3.05, 3.63) is 71.0 Å². The molecule has 0 unspecified atom stereocenters. The third-order valence-corrected chi connectivity index (χ3v) is 4.85. The van der Waals surface area contributed by atoms with Crippen molar-refractivity contribution in [3.8, 4) is 5.75 Å². The van der Waals surface area contributed by atoms with E-state index in [9.17, 15) is 9.90 Å². The zero-order valence-corrected chi connectivity index (χ0v) is 14.9. The number of carboxylic acids is 1. The van der Waals surface area contributed by atoms with Gasteiger partial charge in [-0.15, -0.1) is 10.2 Å². The van der Waals surface area contributed by atoms with Crippen molar-refractivity contribution in [2.24, 2.45) is 0 Å². The molecule has 0 saturated heterocycles. The molecule has 0 aliphatic heterocycles. The highest BCUT2D eigenvalue weighted by Gasteiger charge is 2.14. The molecular weight excluding hydrogens is 352 g/mol. The molecule has 7 nitrogen and oxygen atoms in total. The summed E-state index contributed by atoms with van der Waals surface area (Å²) < 4.78 is 6.59. The Kier molecular flexibility index (Phi) is 5.43. The van der Waals surface area contributed by atoms with Crippen LogP contribution in [-0.2, 0) is 12.2 Å². The van der Waals surface area contributed by atoms with Crippen molar-refractivity contribution in [2.75, 3.05) is 13.0 Å². The van der Waals surface area contributed by atoms with Crippen LogP contribution < -0.4 is 10.6 Å². The lowest BCUT2D eigenvalue weighted by Crippen LogP contribution is -2.14. The van der Waals surface area contributed by atoms with Gasteiger partial charge in [-0.05, 0) is 29.3 Å². The molecule has 1 heterocycles. The van der Waals surface area contributed by atoms with Gasteiger partial charge in [-0.1, -0.05) is 42.1 Å². The van der Waals surface area contributed by atoms with E-state index >= 15 is 0 Å². The van der Waals surface area contributed by atoms with Crippen molar-refractivity contribution < 1.29 is 14.6 Å². The summed E-state index contributed by atoms with van der Waals surface area (Å²) in [6.45, 7) is 0. The number of methoxy groups -OCH3 is 1. The summed E-state index contributed by atoms with van der Waals surface area (Å²) in [5, 5.41) is 18.0. The first kappa shape index (κ1) is 17.8. The Morgan fingerprint density at radius 3 is 2.62 bits per heavy atom. The Morgan fingerprint density at radius 2 is 1.92 bits per heavy atom. The molecule has 0 aliphatic carbocycles. The van der Waals surface area contributed by atoms with Crippen LogP contribution in [0.4, 0.5) is 0 Å². The van der Waals surface area contributed by atoms with Gasteiger partial charge in [-0.3, -0.25) is 0 Å². The van der Waals surface area contributed by atoms with Crippen LogP contribution in [0.1, 0.15) is 27.3 Å². The molecule has 0 spiro atoms. The van der Waals surface area contributed by atoms with Crippen LogP contribution in [0.25, 0.3) is 0 Å². The zero-order valence-electron chi connectivity index (χ0n) is 14.1. The Labute approximate surface area is 154 Å². The summed E-state index contributed by atoms with van der Waals surface area (Å²) in [5.41, 5.74) is 2.03. The van der Waals surface area contributed by atoms with Crippen molar-refractivity contribution in [1.82, 2.24) is 14.9 Å².